The minimum absolute atomic E-state index is 0.0652. The van der Waals surface area contributed by atoms with E-state index in [-0.39, 0.29) is 23.7 Å². The monoisotopic (exact) mass is 579 g/mol. The first-order chi connectivity index (χ1) is 16.9. The number of nitrogens with zero attached hydrogens (tertiary/aromatic N) is 3. The maximum atomic E-state index is 12.6. The summed E-state index contributed by atoms with van der Waals surface area (Å²) in [5.74, 6) is 0.431. The molecule has 14 heteroatoms. The summed E-state index contributed by atoms with van der Waals surface area (Å²) in [4.78, 5) is 33.6. The number of fused-ring (bicyclic) bond motifs is 3. The van der Waals surface area contributed by atoms with Crippen LogP contribution in [0.15, 0.2) is 50.8 Å². The Morgan fingerprint density at radius 1 is 1.29 bits per heavy atom. The fourth-order valence-electron chi connectivity index (χ4n) is 4.31. The molecule has 0 aliphatic carbocycles. The summed E-state index contributed by atoms with van der Waals surface area (Å²) in [7, 11) is -2.10. The molecule has 0 radical (unpaired) electrons. The second kappa shape index (κ2) is 9.09. The zero-order chi connectivity index (χ0) is 24.3. The molecule has 4 heterocycles. The van der Waals surface area contributed by atoms with E-state index in [9.17, 15) is 14.8 Å². The van der Waals surface area contributed by atoms with Crippen molar-refractivity contribution in [3.63, 3.8) is 0 Å². The first kappa shape index (κ1) is 23.3. The third-order valence-corrected chi connectivity index (χ3v) is 8.69. The lowest BCUT2D eigenvalue weighted by atomic mass is 10.1. The Hall–Kier alpha value is -2.09. The van der Waals surface area contributed by atoms with E-state index in [0.717, 1.165) is 20.8 Å². The molecule has 182 valence electrons. The number of aromatic nitrogens is 4. The SMILES string of the molecule is Nc1nc2c(nc(SCc3ccc4ccccc4c3Br)n2[C@@H]2OC3COP(O)O[C@H]3C2O)c(=O)[nH]1. The van der Waals surface area contributed by atoms with Gasteiger partial charge in [0.05, 0.1) is 6.61 Å². The molecule has 5 N–H and O–H groups in total. The van der Waals surface area contributed by atoms with Gasteiger partial charge in [-0.25, -0.2) is 4.98 Å². The van der Waals surface area contributed by atoms with Crippen molar-refractivity contribution in [2.24, 2.45) is 0 Å². The van der Waals surface area contributed by atoms with Gasteiger partial charge in [-0.05, 0) is 32.3 Å². The van der Waals surface area contributed by atoms with Crippen LogP contribution in [-0.4, -0.2) is 54.4 Å². The van der Waals surface area contributed by atoms with Crippen LogP contribution in [0.5, 0.6) is 0 Å². The molecule has 0 spiro atoms. The highest BCUT2D eigenvalue weighted by Gasteiger charge is 2.50. The van der Waals surface area contributed by atoms with Crippen LogP contribution in [0.2, 0.25) is 0 Å². The van der Waals surface area contributed by atoms with Gasteiger partial charge in [-0.3, -0.25) is 14.3 Å². The van der Waals surface area contributed by atoms with Crippen LogP contribution in [0.1, 0.15) is 11.8 Å². The van der Waals surface area contributed by atoms with Crippen molar-refractivity contribution in [1.82, 2.24) is 19.5 Å². The van der Waals surface area contributed by atoms with Crippen LogP contribution < -0.4 is 11.3 Å². The third-order valence-electron chi connectivity index (χ3n) is 5.96. The topological polar surface area (TPSA) is 158 Å². The lowest BCUT2D eigenvalue weighted by Crippen LogP contribution is -2.38. The number of aromatic amines is 1. The van der Waals surface area contributed by atoms with Gasteiger partial charge in [0.25, 0.3) is 5.56 Å². The number of aliphatic hydroxyl groups is 1. The van der Waals surface area contributed by atoms with E-state index in [4.69, 9.17) is 19.5 Å². The summed E-state index contributed by atoms with van der Waals surface area (Å²) >= 11 is 5.08. The average molecular weight is 580 g/mol. The number of hydrogen-bond acceptors (Lipinski definition) is 10. The second-order valence-corrected chi connectivity index (χ2v) is 10.8. The van der Waals surface area contributed by atoms with Crippen LogP contribution in [0.4, 0.5) is 5.95 Å². The van der Waals surface area contributed by atoms with E-state index >= 15 is 0 Å². The Kier molecular flexibility index (Phi) is 6.06. The Balaban J connectivity index is 1.40. The summed E-state index contributed by atoms with van der Waals surface area (Å²) < 4.78 is 19.1. The van der Waals surface area contributed by atoms with Gasteiger partial charge in [0, 0.05) is 10.2 Å². The molecule has 5 atom stereocenters. The summed E-state index contributed by atoms with van der Waals surface area (Å²) in [5.41, 5.74) is 6.60. The zero-order valence-corrected chi connectivity index (χ0v) is 21.2. The number of rotatable bonds is 4. The maximum Gasteiger partial charge on any atom is 0.330 e. The van der Waals surface area contributed by atoms with Crippen molar-refractivity contribution < 1.29 is 23.8 Å². The molecule has 2 saturated heterocycles. The number of nitrogen functional groups attached to an aromatic ring is 1. The molecular weight excluding hydrogens is 561 g/mol. The van der Waals surface area contributed by atoms with Crippen molar-refractivity contribution >= 4 is 64.2 Å². The molecule has 11 nitrogen and oxygen atoms in total. The van der Waals surface area contributed by atoms with Crippen molar-refractivity contribution in [3.8, 4) is 0 Å². The van der Waals surface area contributed by atoms with Gasteiger partial charge in [-0.2, -0.15) is 4.98 Å². The molecule has 2 aromatic carbocycles. The molecule has 3 unspecified atom stereocenters. The highest BCUT2D eigenvalue weighted by molar-refractivity contribution is 9.10. The van der Waals surface area contributed by atoms with Crippen LogP contribution >= 0.6 is 36.3 Å². The lowest BCUT2D eigenvalue weighted by Gasteiger charge is -2.27. The minimum Gasteiger partial charge on any atom is -0.386 e. The maximum absolute atomic E-state index is 12.6. The predicted molar refractivity (Wildman–Crippen MR) is 134 cm³/mol. The van der Waals surface area contributed by atoms with Crippen LogP contribution in [-0.2, 0) is 19.5 Å². The normalized spacial score (nSPS) is 26.4. The number of halogens is 1. The molecular formula is C21H19BrN5O6PS. The summed E-state index contributed by atoms with van der Waals surface area (Å²) in [6, 6.07) is 12.1. The van der Waals surface area contributed by atoms with Crippen molar-refractivity contribution in [3.05, 3.63) is 56.8 Å². The van der Waals surface area contributed by atoms with Crippen molar-refractivity contribution in [1.29, 1.82) is 0 Å². The van der Waals surface area contributed by atoms with Crippen LogP contribution in [0.3, 0.4) is 0 Å². The molecule has 6 rings (SSSR count). The van der Waals surface area contributed by atoms with E-state index in [1.54, 1.807) is 4.57 Å². The molecule has 0 amide bonds. The molecule has 2 aliphatic heterocycles. The van der Waals surface area contributed by atoms with Crippen molar-refractivity contribution in [2.45, 2.75) is 35.4 Å². The number of H-pyrrole nitrogens is 1. The highest BCUT2D eigenvalue weighted by Crippen LogP contribution is 2.47. The van der Waals surface area contributed by atoms with E-state index in [0.29, 0.717) is 10.9 Å². The number of benzene rings is 2. The first-order valence-electron chi connectivity index (χ1n) is 10.6. The Labute approximate surface area is 211 Å². The molecule has 2 aromatic heterocycles. The standard InChI is InChI=1S/C21H19BrN5O6PS/c22-13-10(6-5-9-3-1-2-4-11(9)13)8-35-21-24-14-17(25-20(23)26-18(14)29)27(21)19-15(28)16-12(32-19)7-31-34(30)33-16/h1-6,12,15-16,19,28,30H,7-8H2,(H3,23,25,26,29)/t12?,15?,16-,19-,34?/m1/s1. The molecule has 0 bridgehead atoms. The Bertz CT molecular complexity index is 1500. The molecule has 0 saturated carbocycles. The van der Waals surface area contributed by atoms with E-state index in [1.807, 2.05) is 36.4 Å². The summed E-state index contributed by atoms with van der Waals surface area (Å²) in [6.45, 7) is 0.0652. The Morgan fingerprint density at radius 3 is 2.97 bits per heavy atom. The summed E-state index contributed by atoms with van der Waals surface area (Å²) in [6.07, 6.45) is -3.54. The highest BCUT2D eigenvalue weighted by atomic mass is 79.9. The van der Waals surface area contributed by atoms with Gasteiger partial charge in [0.1, 0.15) is 18.3 Å². The quantitative estimate of drug-likeness (QED) is 0.209. The third kappa shape index (κ3) is 4.05. The smallest absolute Gasteiger partial charge is 0.330 e. The average Bonchev–Trinajstić information content (AvgIpc) is 3.36. The van der Waals surface area contributed by atoms with Crippen LogP contribution in [0.25, 0.3) is 21.9 Å². The van der Waals surface area contributed by atoms with Crippen LogP contribution in [0, 0.1) is 0 Å². The van der Waals surface area contributed by atoms with Gasteiger partial charge >= 0.3 is 8.60 Å². The largest absolute Gasteiger partial charge is 0.386 e. The van der Waals surface area contributed by atoms with Crippen molar-refractivity contribution in [2.75, 3.05) is 12.3 Å². The molecule has 35 heavy (non-hydrogen) atoms. The molecule has 2 aliphatic rings. The zero-order valence-electron chi connectivity index (χ0n) is 17.9. The first-order valence-corrected chi connectivity index (χ1v) is 13.5. The predicted octanol–water partition coefficient (Wildman–Crippen LogP) is 2.80. The number of anilines is 1. The number of aliphatic hydroxyl groups excluding tert-OH is 1. The van der Waals surface area contributed by atoms with Gasteiger partial charge in [0.15, 0.2) is 22.5 Å². The van der Waals surface area contributed by atoms with Gasteiger partial charge in [-0.1, -0.05) is 48.2 Å². The fraction of sp³-hybridized carbons (Fsp3) is 0.286. The number of imidazole rings is 1. The van der Waals surface area contributed by atoms with Gasteiger partial charge < -0.3 is 29.5 Å². The van der Waals surface area contributed by atoms with Gasteiger partial charge in [-0.15, -0.1) is 0 Å². The number of thioether (sulfide) groups is 1. The molecule has 2 fully saturated rings. The second-order valence-electron chi connectivity index (χ2n) is 8.10. The number of hydrogen-bond donors (Lipinski definition) is 4. The van der Waals surface area contributed by atoms with E-state index in [2.05, 4.69) is 30.9 Å². The number of nitrogens with one attached hydrogen (secondary N) is 1. The Morgan fingerprint density at radius 2 is 2.11 bits per heavy atom. The number of nitrogens with two attached hydrogens (primary N) is 1. The van der Waals surface area contributed by atoms with E-state index in [1.165, 1.54) is 11.8 Å². The number of ether oxygens (including phenoxy) is 1. The minimum atomic E-state index is -2.10. The summed E-state index contributed by atoms with van der Waals surface area (Å²) in [5, 5.41) is 13.6. The van der Waals surface area contributed by atoms with E-state index < -0.39 is 38.7 Å². The lowest BCUT2D eigenvalue weighted by molar-refractivity contribution is -0.0614. The fourth-order valence-corrected chi connectivity index (χ4v) is 6.95. The van der Waals surface area contributed by atoms with Gasteiger partial charge in [0.2, 0.25) is 5.95 Å². The molecule has 4 aromatic rings.